The third kappa shape index (κ3) is 6.04. The number of aromatic carboxylic acids is 1. The molecule has 201 valence electrons. The van der Waals surface area contributed by atoms with Gasteiger partial charge in [-0.05, 0) is 85.5 Å². The van der Waals surface area contributed by atoms with E-state index in [1.54, 1.807) is 25.1 Å². The van der Waals surface area contributed by atoms with Crippen molar-refractivity contribution in [2.75, 3.05) is 0 Å². The number of aryl methyl sites for hydroxylation is 2. The van der Waals surface area contributed by atoms with Crippen LogP contribution in [0.25, 0.3) is 16.5 Å². The lowest BCUT2D eigenvalue weighted by molar-refractivity contribution is 0.0692. The van der Waals surface area contributed by atoms with Crippen molar-refractivity contribution in [3.63, 3.8) is 0 Å². The van der Waals surface area contributed by atoms with Gasteiger partial charge in [0.1, 0.15) is 11.3 Å². The average Bonchev–Trinajstić information content (AvgIpc) is 2.93. The van der Waals surface area contributed by atoms with Crippen molar-refractivity contribution in [2.45, 2.75) is 45.9 Å². The van der Waals surface area contributed by atoms with E-state index in [-0.39, 0.29) is 10.9 Å². The molecule has 1 unspecified atom stereocenters. The number of benzene rings is 3. The Kier molecular flexibility index (Phi) is 8.64. The third-order valence-electron chi connectivity index (χ3n) is 6.92. The lowest BCUT2D eigenvalue weighted by Crippen LogP contribution is -2.29. The second-order valence-corrected chi connectivity index (χ2v) is 9.77. The van der Waals surface area contributed by atoms with E-state index in [1.165, 1.54) is 19.4 Å². The van der Waals surface area contributed by atoms with Gasteiger partial charge in [0.25, 0.3) is 0 Å². The minimum absolute atomic E-state index is 0.0315. The number of nitrogens with zero attached hydrogens (tertiary/aromatic N) is 1. The Labute approximate surface area is 231 Å². The van der Waals surface area contributed by atoms with E-state index in [1.807, 2.05) is 38.1 Å². The lowest BCUT2D eigenvalue weighted by atomic mass is 9.56. The summed E-state index contributed by atoms with van der Waals surface area (Å²) in [6.45, 7) is 5.50. The minimum Gasteiger partial charge on any atom is -0.478 e. The highest BCUT2D eigenvalue weighted by atomic mass is 19.2. The summed E-state index contributed by atoms with van der Waals surface area (Å²) >= 11 is 0. The van der Waals surface area contributed by atoms with Crippen LogP contribution in [0.15, 0.2) is 69.9 Å². The van der Waals surface area contributed by atoms with Crippen molar-refractivity contribution in [1.29, 1.82) is 5.26 Å². The zero-order valence-corrected chi connectivity index (χ0v) is 22.4. The standard InChI is InChI=1S/C32H27BF2NO4/c1-4-22(7-5-6-20-8-10-21(17-36)11-9-20)28-16-27(37)24-15-18(2)14-23(31(24)40-28)19(3)33-25-12-13-26(34)30(35)29(25)32(38)39/h4,8-16,19H,5-7H2,1-3H3,(H,38,39)/b22-4+. The van der Waals surface area contributed by atoms with Gasteiger partial charge >= 0.3 is 5.97 Å². The number of nitriles is 1. The van der Waals surface area contributed by atoms with Gasteiger partial charge in [-0.3, -0.25) is 4.79 Å². The fourth-order valence-electron chi connectivity index (χ4n) is 4.85. The van der Waals surface area contributed by atoms with Gasteiger partial charge in [-0.25, -0.2) is 13.6 Å². The molecule has 0 fully saturated rings. The van der Waals surface area contributed by atoms with E-state index >= 15 is 0 Å². The number of carboxylic acid groups (broad SMARTS) is 1. The molecule has 40 heavy (non-hydrogen) atoms. The molecule has 0 saturated heterocycles. The summed E-state index contributed by atoms with van der Waals surface area (Å²) < 4.78 is 34.4. The van der Waals surface area contributed by atoms with Crippen LogP contribution in [0.1, 0.15) is 70.9 Å². The molecule has 0 saturated carbocycles. The predicted molar refractivity (Wildman–Crippen MR) is 152 cm³/mol. The van der Waals surface area contributed by atoms with Crippen molar-refractivity contribution in [2.24, 2.45) is 0 Å². The molecule has 8 heteroatoms. The second-order valence-electron chi connectivity index (χ2n) is 9.77. The van der Waals surface area contributed by atoms with Gasteiger partial charge in [-0.15, -0.1) is 0 Å². The highest BCUT2D eigenvalue weighted by molar-refractivity contribution is 6.57. The molecule has 0 aliphatic carbocycles. The minimum atomic E-state index is -1.57. The summed E-state index contributed by atoms with van der Waals surface area (Å²) in [7, 11) is 1.53. The Morgan fingerprint density at radius 1 is 1.15 bits per heavy atom. The van der Waals surface area contributed by atoms with Crippen molar-refractivity contribution in [3.8, 4) is 6.07 Å². The molecule has 1 atom stereocenters. The maximum absolute atomic E-state index is 14.3. The molecule has 3 aromatic carbocycles. The van der Waals surface area contributed by atoms with Crippen LogP contribution in [0.4, 0.5) is 8.78 Å². The van der Waals surface area contributed by atoms with Crippen LogP contribution in [0.2, 0.25) is 0 Å². The molecule has 0 bridgehead atoms. The van der Waals surface area contributed by atoms with Crippen LogP contribution < -0.4 is 10.9 Å². The molecule has 5 nitrogen and oxygen atoms in total. The summed E-state index contributed by atoms with van der Waals surface area (Å²) in [6.07, 6.45) is 4.15. The number of carbonyl (C=O) groups is 1. The Morgan fingerprint density at radius 2 is 1.88 bits per heavy atom. The molecule has 0 aliphatic heterocycles. The van der Waals surface area contributed by atoms with Gasteiger partial charge < -0.3 is 9.52 Å². The monoisotopic (exact) mass is 538 g/mol. The first kappa shape index (κ1) is 28.5. The SMILES string of the molecule is C/C=C(\CCCc1ccc(C#N)cc1)c1cc(=O)c2cc(C)cc(C(C)[B]c3ccc(F)c(F)c3C(=O)O)c2o1. The van der Waals surface area contributed by atoms with Crippen LogP contribution in [0.5, 0.6) is 0 Å². The normalized spacial score (nSPS) is 12.2. The van der Waals surface area contributed by atoms with Gasteiger partial charge in [0.05, 0.1) is 22.6 Å². The zero-order chi connectivity index (χ0) is 29.0. The molecule has 1 heterocycles. The molecule has 4 aromatic rings. The Balaban J connectivity index is 1.66. The summed E-state index contributed by atoms with van der Waals surface area (Å²) in [5, 5.41) is 18.9. The molecule has 1 aromatic heterocycles. The van der Waals surface area contributed by atoms with Crippen molar-refractivity contribution in [1.82, 2.24) is 0 Å². The Bertz CT molecular complexity index is 1720. The zero-order valence-electron chi connectivity index (χ0n) is 22.4. The molecule has 1 radical (unpaired) electrons. The molecule has 0 aliphatic rings. The predicted octanol–water partition coefficient (Wildman–Crippen LogP) is 6.47. The van der Waals surface area contributed by atoms with E-state index in [0.717, 1.165) is 35.6 Å². The number of carboxylic acids is 1. The van der Waals surface area contributed by atoms with E-state index in [2.05, 4.69) is 6.07 Å². The van der Waals surface area contributed by atoms with Gasteiger partial charge in [-0.1, -0.05) is 42.7 Å². The summed E-state index contributed by atoms with van der Waals surface area (Å²) in [4.78, 5) is 24.9. The average molecular weight is 538 g/mol. The number of hydrogen-bond acceptors (Lipinski definition) is 4. The Hall–Kier alpha value is -4.51. The fraction of sp³-hybridized carbons (Fsp3) is 0.219. The number of hydrogen-bond donors (Lipinski definition) is 1. The van der Waals surface area contributed by atoms with Gasteiger partial charge in [0.15, 0.2) is 24.3 Å². The van der Waals surface area contributed by atoms with Crippen LogP contribution in [-0.4, -0.2) is 18.4 Å². The second kappa shape index (κ2) is 12.1. The highest BCUT2D eigenvalue weighted by Gasteiger charge is 2.24. The third-order valence-corrected chi connectivity index (χ3v) is 6.92. The van der Waals surface area contributed by atoms with Crippen LogP contribution in [-0.2, 0) is 6.42 Å². The van der Waals surface area contributed by atoms with Crippen LogP contribution >= 0.6 is 0 Å². The number of allylic oxidation sites excluding steroid dienone is 2. The highest BCUT2D eigenvalue weighted by Crippen LogP contribution is 2.30. The molecule has 4 rings (SSSR count). The van der Waals surface area contributed by atoms with E-state index in [4.69, 9.17) is 9.68 Å². The molecule has 1 N–H and O–H groups in total. The molecular weight excluding hydrogens is 511 g/mol. The first-order valence-corrected chi connectivity index (χ1v) is 12.9. The first-order valence-electron chi connectivity index (χ1n) is 12.9. The van der Waals surface area contributed by atoms with E-state index in [9.17, 15) is 23.5 Å². The van der Waals surface area contributed by atoms with Gasteiger partial charge in [-0.2, -0.15) is 5.26 Å². The number of fused-ring (bicyclic) bond motifs is 1. The van der Waals surface area contributed by atoms with Gasteiger partial charge in [0, 0.05) is 6.07 Å². The van der Waals surface area contributed by atoms with Crippen molar-refractivity contribution >= 4 is 35.3 Å². The first-order chi connectivity index (χ1) is 19.1. The fourth-order valence-corrected chi connectivity index (χ4v) is 4.85. The summed E-state index contributed by atoms with van der Waals surface area (Å²) in [5.41, 5.74) is 3.45. The van der Waals surface area contributed by atoms with E-state index < -0.39 is 29.0 Å². The topological polar surface area (TPSA) is 91.3 Å². The molecule has 0 spiro atoms. The van der Waals surface area contributed by atoms with Crippen LogP contribution in [0, 0.1) is 29.9 Å². The van der Waals surface area contributed by atoms with Crippen LogP contribution in [0.3, 0.4) is 0 Å². The molecular formula is C32H27BF2NO4. The Morgan fingerprint density at radius 3 is 2.52 bits per heavy atom. The number of halogens is 2. The smallest absolute Gasteiger partial charge is 0.338 e. The largest absolute Gasteiger partial charge is 0.478 e. The summed E-state index contributed by atoms with van der Waals surface area (Å²) in [6, 6.07) is 16.7. The van der Waals surface area contributed by atoms with Gasteiger partial charge in [0.2, 0.25) is 0 Å². The van der Waals surface area contributed by atoms with Crippen molar-refractivity contribution < 1.29 is 23.1 Å². The number of rotatable bonds is 9. The van der Waals surface area contributed by atoms with Crippen molar-refractivity contribution in [3.05, 3.63) is 116 Å². The quantitative estimate of drug-likeness (QED) is 0.247. The lowest BCUT2D eigenvalue weighted by Gasteiger charge is -2.17. The maximum Gasteiger partial charge on any atom is 0.338 e. The maximum atomic E-state index is 14.3. The molecule has 0 amide bonds. The van der Waals surface area contributed by atoms with E-state index in [0.29, 0.717) is 34.3 Å². The summed E-state index contributed by atoms with van der Waals surface area (Å²) in [5.74, 6) is -4.28.